The van der Waals surface area contributed by atoms with Gasteiger partial charge < -0.3 is 10.5 Å². The number of ether oxygens (including phenoxy) is 1. The first-order valence-corrected chi connectivity index (χ1v) is 9.90. The third kappa shape index (κ3) is 4.82. The van der Waals surface area contributed by atoms with E-state index < -0.39 is 5.91 Å². The summed E-state index contributed by atoms with van der Waals surface area (Å²) in [7, 11) is 0. The molecule has 3 aromatic rings. The van der Waals surface area contributed by atoms with Crippen molar-refractivity contribution in [3.8, 4) is 5.82 Å². The number of hydrazone groups is 1. The molecule has 1 fully saturated rings. The van der Waals surface area contributed by atoms with E-state index in [1.54, 1.807) is 18.2 Å². The van der Waals surface area contributed by atoms with Crippen LogP contribution in [-0.4, -0.2) is 68.6 Å². The minimum absolute atomic E-state index is 0.0340. The van der Waals surface area contributed by atoms with Crippen molar-refractivity contribution < 1.29 is 14.2 Å². The molecule has 1 aliphatic heterocycles. The molecular weight excluding hydrogens is 449 g/mol. The first-order chi connectivity index (χ1) is 15.0. The Kier molecular flexibility index (Phi) is 6.42. The van der Waals surface area contributed by atoms with E-state index in [0.29, 0.717) is 54.2 Å². The number of anilines is 1. The van der Waals surface area contributed by atoms with Gasteiger partial charge in [0.25, 0.3) is 5.91 Å². The molecule has 2 aromatic heterocycles. The summed E-state index contributed by atoms with van der Waals surface area (Å²) in [5, 5.41) is 20.2. The summed E-state index contributed by atoms with van der Waals surface area (Å²) in [6.07, 6.45) is 1.40. The monoisotopic (exact) mass is 465 g/mol. The molecule has 0 radical (unpaired) electrons. The summed E-state index contributed by atoms with van der Waals surface area (Å²) in [5.41, 5.74) is 9.32. The van der Waals surface area contributed by atoms with Crippen LogP contribution in [0.1, 0.15) is 21.7 Å². The van der Waals surface area contributed by atoms with Crippen LogP contribution in [0, 0.1) is 0 Å². The first kappa shape index (κ1) is 21.2. The van der Waals surface area contributed by atoms with Crippen LogP contribution >= 0.6 is 23.2 Å². The number of rotatable bonds is 6. The number of nitrogen functional groups attached to an aromatic ring is 1. The second kappa shape index (κ2) is 9.39. The predicted octanol–water partition coefficient (Wildman–Crippen LogP) is 1.14. The van der Waals surface area contributed by atoms with Crippen molar-refractivity contribution in [3.63, 3.8) is 0 Å². The van der Waals surface area contributed by atoms with Gasteiger partial charge in [-0.3, -0.25) is 9.69 Å². The number of morpholine rings is 1. The molecule has 0 saturated carbocycles. The van der Waals surface area contributed by atoms with Gasteiger partial charge in [-0.15, -0.1) is 5.10 Å². The van der Waals surface area contributed by atoms with Crippen LogP contribution in [-0.2, 0) is 11.3 Å². The molecule has 3 N–H and O–H groups in total. The van der Waals surface area contributed by atoms with Crippen LogP contribution in [0.4, 0.5) is 5.82 Å². The van der Waals surface area contributed by atoms with Gasteiger partial charge in [0.15, 0.2) is 5.69 Å². The van der Waals surface area contributed by atoms with E-state index in [9.17, 15) is 4.79 Å². The lowest BCUT2D eigenvalue weighted by atomic mass is 10.2. The van der Waals surface area contributed by atoms with E-state index in [1.165, 1.54) is 10.9 Å². The summed E-state index contributed by atoms with van der Waals surface area (Å²) < 4.78 is 11.2. The van der Waals surface area contributed by atoms with Crippen LogP contribution in [0.2, 0.25) is 10.0 Å². The SMILES string of the molecule is Nc1nonc1-n1nnc(CN2CCOCC2)c1C(=O)NN=Cc1ccc(Cl)cc1Cl. The van der Waals surface area contributed by atoms with Crippen LogP contribution in [0.5, 0.6) is 0 Å². The number of hydrogen-bond donors (Lipinski definition) is 2. The fourth-order valence-electron chi connectivity index (χ4n) is 2.92. The lowest BCUT2D eigenvalue weighted by Gasteiger charge is -2.25. The van der Waals surface area contributed by atoms with Gasteiger partial charge in [-0.25, -0.2) is 10.1 Å². The fourth-order valence-corrected chi connectivity index (χ4v) is 3.38. The number of aromatic nitrogens is 5. The Morgan fingerprint density at radius 1 is 1.29 bits per heavy atom. The molecule has 1 saturated heterocycles. The predicted molar refractivity (Wildman–Crippen MR) is 111 cm³/mol. The topological polar surface area (TPSA) is 150 Å². The van der Waals surface area contributed by atoms with Gasteiger partial charge >= 0.3 is 0 Å². The van der Waals surface area contributed by atoms with Gasteiger partial charge in [0.05, 0.1) is 24.5 Å². The number of halogens is 2. The molecule has 31 heavy (non-hydrogen) atoms. The minimum Gasteiger partial charge on any atom is -0.379 e. The van der Waals surface area contributed by atoms with Gasteiger partial charge in [-0.1, -0.05) is 34.5 Å². The molecule has 0 aliphatic carbocycles. The number of carbonyl (C=O) groups excluding carboxylic acids is 1. The third-order valence-corrected chi connectivity index (χ3v) is 5.02. The number of benzene rings is 1. The Morgan fingerprint density at radius 3 is 2.81 bits per heavy atom. The van der Waals surface area contributed by atoms with Crippen LogP contribution in [0.25, 0.3) is 5.82 Å². The average molecular weight is 466 g/mol. The van der Waals surface area contributed by atoms with E-state index >= 15 is 0 Å². The molecular formula is C17H17Cl2N9O3. The molecule has 0 spiro atoms. The van der Waals surface area contributed by atoms with Gasteiger partial charge in [0.2, 0.25) is 11.6 Å². The Hall–Kier alpha value is -3.06. The highest BCUT2D eigenvalue weighted by Gasteiger charge is 2.26. The molecule has 0 bridgehead atoms. The van der Waals surface area contributed by atoms with Gasteiger partial charge in [0.1, 0.15) is 5.69 Å². The molecule has 0 unspecified atom stereocenters. The summed E-state index contributed by atoms with van der Waals surface area (Å²) in [6.45, 7) is 2.98. The van der Waals surface area contributed by atoms with Crippen molar-refractivity contribution in [1.82, 2.24) is 35.6 Å². The average Bonchev–Trinajstić information content (AvgIpc) is 3.36. The second-order valence-electron chi connectivity index (χ2n) is 6.52. The molecule has 14 heteroatoms. The highest BCUT2D eigenvalue weighted by molar-refractivity contribution is 6.36. The number of carbonyl (C=O) groups is 1. The summed E-state index contributed by atoms with van der Waals surface area (Å²) in [5.74, 6) is -0.555. The zero-order valence-corrected chi connectivity index (χ0v) is 17.5. The Labute approximate surface area is 185 Å². The summed E-state index contributed by atoms with van der Waals surface area (Å²) in [4.78, 5) is 15.1. The largest absolute Gasteiger partial charge is 0.379 e. The van der Waals surface area contributed by atoms with Crippen molar-refractivity contribution >= 4 is 41.1 Å². The van der Waals surface area contributed by atoms with Crippen molar-refractivity contribution in [2.24, 2.45) is 5.10 Å². The number of amides is 1. The van der Waals surface area contributed by atoms with Gasteiger partial charge in [-0.05, 0) is 22.4 Å². The maximum atomic E-state index is 13.0. The number of nitrogens with one attached hydrogen (secondary N) is 1. The summed E-state index contributed by atoms with van der Waals surface area (Å²) >= 11 is 12.0. The molecule has 162 valence electrons. The van der Waals surface area contributed by atoms with Crippen LogP contribution in [0.3, 0.4) is 0 Å². The molecule has 12 nitrogen and oxygen atoms in total. The molecule has 1 aromatic carbocycles. The molecule has 1 aliphatic rings. The third-order valence-electron chi connectivity index (χ3n) is 4.46. The number of nitrogens with zero attached hydrogens (tertiary/aromatic N) is 7. The molecule has 0 atom stereocenters. The Balaban J connectivity index is 1.59. The molecule has 1 amide bonds. The smallest absolute Gasteiger partial charge is 0.292 e. The van der Waals surface area contributed by atoms with E-state index in [4.69, 9.17) is 33.7 Å². The van der Waals surface area contributed by atoms with E-state index in [-0.39, 0.29) is 17.3 Å². The van der Waals surface area contributed by atoms with E-state index in [1.807, 2.05) is 0 Å². The molecule has 4 rings (SSSR count). The van der Waals surface area contributed by atoms with Crippen molar-refractivity contribution in [1.29, 1.82) is 0 Å². The maximum absolute atomic E-state index is 13.0. The number of nitrogens with two attached hydrogens (primary N) is 1. The standard InChI is InChI=1S/C17H17Cl2N9O3/c18-11-2-1-10(12(19)7-11)8-21-23-17(29)14-13(9-27-3-5-30-6-4-27)22-26-28(14)16-15(20)24-31-25-16/h1-2,7-8H,3-6,9H2,(H2,20,24)(H,23,29). The summed E-state index contributed by atoms with van der Waals surface area (Å²) in [6, 6.07) is 4.92. The van der Waals surface area contributed by atoms with Gasteiger partial charge in [-0.2, -0.15) is 9.78 Å². The zero-order chi connectivity index (χ0) is 21.8. The van der Waals surface area contributed by atoms with Crippen LogP contribution < -0.4 is 11.2 Å². The first-order valence-electron chi connectivity index (χ1n) is 9.14. The fraction of sp³-hybridized carbons (Fsp3) is 0.294. The van der Waals surface area contributed by atoms with Crippen molar-refractivity contribution in [2.45, 2.75) is 6.54 Å². The molecule has 3 heterocycles. The van der Waals surface area contributed by atoms with Crippen LogP contribution in [0.15, 0.2) is 27.9 Å². The quantitative estimate of drug-likeness (QED) is 0.403. The van der Waals surface area contributed by atoms with Gasteiger partial charge in [0, 0.05) is 30.2 Å². The Bertz CT molecular complexity index is 1110. The van der Waals surface area contributed by atoms with E-state index in [2.05, 4.69) is 40.7 Å². The van der Waals surface area contributed by atoms with Crippen molar-refractivity contribution in [3.05, 3.63) is 45.2 Å². The normalized spacial score (nSPS) is 14.9. The maximum Gasteiger partial charge on any atom is 0.292 e. The highest BCUT2D eigenvalue weighted by atomic mass is 35.5. The Morgan fingerprint density at radius 2 is 2.10 bits per heavy atom. The number of hydrogen-bond acceptors (Lipinski definition) is 10. The lowest BCUT2D eigenvalue weighted by Crippen LogP contribution is -2.36. The minimum atomic E-state index is -0.572. The van der Waals surface area contributed by atoms with Crippen molar-refractivity contribution in [2.75, 3.05) is 32.0 Å². The highest BCUT2D eigenvalue weighted by Crippen LogP contribution is 2.20. The zero-order valence-electron chi connectivity index (χ0n) is 16.0. The second-order valence-corrected chi connectivity index (χ2v) is 7.37. The van der Waals surface area contributed by atoms with E-state index in [0.717, 1.165) is 0 Å². The lowest BCUT2D eigenvalue weighted by molar-refractivity contribution is 0.0335.